The Balaban J connectivity index is 2.56. The van der Waals surface area contributed by atoms with Crippen LogP contribution in [0.5, 0.6) is 0 Å². The zero-order valence-corrected chi connectivity index (χ0v) is 10.5. The summed E-state index contributed by atoms with van der Waals surface area (Å²) < 4.78 is 0. The van der Waals surface area contributed by atoms with Crippen molar-refractivity contribution in [1.29, 1.82) is 5.26 Å². The summed E-state index contributed by atoms with van der Waals surface area (Å²) in [6, 6.07) is 2.44. The van der Waals surface area contributed by atoms with Crippen molar-refractivity contribution in [2.45, 2.75) is 44.2 Å². The van der Waals surface area contributed by atoms with Crippen molar-refractivity contribution in [3.05, 3.63) is 0 Å². The molecule has 0 aromatic carbocycles. The fourth-order valence-electron chi connectivity index (χ4n) is 2.41. The third kappa shape index (κ3) is 2.50. The van der Waals surface area contributed by atoms with Crippen LogP contribution >= 0.6 is 0 Å². The van der Waals surface area contributed by atoms with E-state index in [4.69, 9.17) is 5.26 Å². The average molecular weight is 209 g/mol. The molecule has 0 saturated heterocycles. The van der Waals surface area contributed by atoms with Crippen LogP contribution in [0.15, 0.2) is 0 Å². The van der Waals surface area contributed by atoms with Gasteiger partial charge in [0.2, 0.25) is 0 Å². The van der Waals surface area contributed by atoms with Crippen LogP contribution in [0.25, 0.3) is 0 Å². The maximum absolute atomic E-state index is 9.02. The van der Waals surface area contributed by atoms with Gasteiger partial charge in [-0.3, -0.25) is 4.90 Å². The predicted octanol–water partition coefficient (Wildman–Crippen LogP) is 1.70. The Morgan fingerprint density at radius 3 is 2.20 bits per heavy atom. The molecule has 15 heavy (non-hydrogen) atoms. The molecule has 1 fully saturated rings. The van der Waals surface area contributed by atoms with Crippen LogP contribution in [-0.4, -0.2) is 49.1 Å². The van der Waals surface area contributed by atoms with E-state index in [1.54, 1.807) is 0 Å². The van der Waals surface area contributed by atoms with Gasteiger partial charge in [-0.2, -0.15) is 5.26 Å². The van der Waals surface area contributed by atoms with Gasteiger partial charge in [0.25, 0.3) is 0 Å². The lowest BCUT2D eigenvalue weighted by molar-refractivity contribution is 0.0216. The van der Waals surface area contributed by atoms with Crippen LogP contribution in [0.1, 0.15) is 32.6 Å². The van der Waals surface area contributed by atoms with Crippen molar-refractivity contribution in [2.75, 3.05) is 27.7 Å². The molecule has 86 valence electrons. The fourth-order valence-corrected chi connectivity index (χ4v) is 2.41. The molecule has 0 bridgehead atoms. The van der Waals surface area contributed by atoms with Crippen molar-refractivity contribution < 1.29 is 0 Å². The second kappa shape index (κ2) is 4.96. The second-order valence-corrected chi connectivity index (χ2v) is 4.94. The number of rotatable bonds is 5. The van der Waals surface area contributed by atoms with Gasteiger partial charge in [-0.25, -0.2) is 0 Å². The Morgan fingerprint density at radius 1 is 1.33 bits per heavy atom. The summed E-state index contributed by atoms with van der Waals surface area (Å²) in [6.07, 6.45) is 4.78. The van der Waals surface area contributed by atoms with Gasteiger partial charge >= 0.3 is 0 Å². The molecule has 3 nitrogen and oxygen atoms in total. The molecule has 0 N–H and O–H groups in total. The minimum absolute atomic E-state index is 0.0717. The highest BCUT2D eigenvalue weighted by molar-refractivity contribution is 5.00. The smallest absolute Gasteiger partial charge is 0.0973 e. The van der Waals surface area contributed by atoms with E-state index < -0.39 is 0 Å². The lowest BCUT2D eigenvalue weighted by Gasteiger charge is -2.49. The van der Waals surface area contributed by atoms with Crippen LogP contribution in [-0.2, 0) is 0 Å². The summed E-state index contributed by atoms with van der Waals surface area (Å²) in [7, 11) is 6.38. The molecule has 0 radical (unpaired) electrons. The maximum Gasteiger partial charge on any atom is 0.0973 e. The van der Waals surface area contributed by atoms with Gasteiger partial charge in [0, 0.05) is 12.1 Å². The average Bonchev–Trinajstić information content (AvgIpc) is 2.12. The molecule has 0 amide bonds. The standard InChI is InChI=1S/C12H23N3/c1-5-11(9-13)15(4)10-12(14(2)3)7-6-8-12/h11H,5-8,10H2,1-4H3. The molecule has 3 heteroatoms. The van der Waals surface area contributed by atoms with E-state index in [0.717, 1.165) is 13.0 Å². The fraction of sp³-hybridized carbons (Fsp3) is 0.917. The van der Waals surface area contributed by atoms with Gasteiger partial charge in [-0.15, -0.1) is 0 Å². The molecule has 1 saturated carbocycles. The third-order valence-electron chi connectivity index (χ3n) is 3.84. The highest BCUT2D eigenvalue weighted by Crippen LogP contribution is 2.36. The predicted molar refractivity (Wildman–Crippen MR) is 62.6 cm³/mol. The number of likely N-dealkylation sites (N-methyl/N-ethyl adjacent to an activating group) is 2. The van der Waals surface area contributed by atoms with E-state index in [2.05, 4.69) is 43.9 Å². The normalized spacial score (nSPS) is 21.1. The molecule has 1 atom stereocenters. The Bertz CT molecular complexity index is 238. The molecule has 0 aromatic rings. The van der Waals surface area contributed by atoms with E-state index in [0.29, 0.717) is 5.54 Å². The van der Waals surface area contributed by atoms with E-state index in [-0.39, 0.29) is 6.04 Å². The van der Waals surface area contributed by atoms with Crippen LogP contribution in [0.3, 0.4) is 0 Å². The Morgan fingerprint density at radius 2 is 1.93 bits per heavy atom. The monoisotopic (exact) mass is 209 g/mol. The molecular weight excluding hydrogens is 186 g/mol. The minimum Gasteiger partial charge on any atom is -0.302 e. The summed E-state index contributed by atoms with van der Waals surface area (Å²) in [5.41, 5.74) is 0.332. The number of nitrogens with zero attached hydrogens (tertiary/aromatic N) is 3. The van der Waals surface area contributed by atoms with Crippen molar-refractivity contribution in [1.82, 2.24) is 9.80 Å². The summed E-state index contributed by atoms with van der Waals surface area (Å²) in [5.74, 6) is 0. The lowest BCUT2D eigenvalue weighted by Crippen LogP contribution is -2.57. The third-order valence-corrected chi connectivity index (χ3v) is 3.84. The van der Waals surface area contributed by atoms with Crippen LogP contribution in [0.2, 0.25) is 0 Å². The van der Waals surface area contributed by atoms with Crippen LogP contribution in [0, 0.1) is 11.3 Å². The van der Waals surface area contributed by atoms with Gasteiger partial charge in [0.1, 0.15) is 0 Å². The Kier molecular flexibility index (Phi) is 4.12. The van der Waals surface area contributed by atoms with E-state index in [1.165, 1.54) is 19.3 Å². The van der Waals surface area contributed by atoms with Gasteiger partial charge in [-0.1, -0.05) is 6.92 Å². The maximum atomic E-state index is 9.02. The molecule has 1 unspecified atom stereocenters. The van der Waals surface area contributed by atoms with Gasteiger partial charge < -0.3 is 4.90 Å². The van der Waals surface area contributed by atoms with Crippen LogP contribution in [0.4, 0.5) is 0 Å². The summed E-state index contributed by atoms with van der Waals surface area (Å²) in [4.78, 5) is 4.54. The SMILES string of the molecule is CCC(C#N)N(C)CC1(N(C)C)CCC1. The Hall–Kier alpha value is -0.590. The second-order valence-electron chi connectivity index (χ2n) is 4.94. The molecule has 1 aliphatic rings. The van der Waals surface area contributed by atoms with Crippen molar-refractivity contribution in [3.8, 4) is 6.07 Å². The zero-order valence-electron chi connectivity index (χ0n) is 10.5. The molecule has 0 aromatic heterocycles. The molecule has 1 aliphatic carbocycles. The van der Waals surface area contributed by atoms with Gasteiger partial charge in [0.15, 0.2) is 0 Å². The molecule has 1 rings (SSSR count). The van der Waals surface area contributed by atoms with E-state index in [9.17, 15) is 0 Å². The highest BCUT2D eigenvalue weighted by atomic mass is 15.2. The summed E-state index contributed by atoms with van der Waals surface area (Å²) >= 11 is 0. The first-order valence-corrected chi connectivity index (χ1v) is 5.83. The van der Waals surface area contributed by atoms with E-state index >= 15 is 0 Å². The zero-order chi connectivity index (χ0) is 11.5. The van der Waals surface area contributed by atoms with Crippen molar-refractivity contribution in [2.24, 2.45) is 0 Å². The van der Waals surface area contributed by atoms with Crippen LogP contribution < -0.4 is 0 Å². The van der Waals surface area contributed by atoms with Gasteiger partial charge in [0.05, 0.1) is 12.1 Å². The molecule has 0 spiro atoms. The lowest BCUT2D eigenvalue weighted by atomic mass is 9.75. The molecule has 0 aliphatic heterocycles. The van der Waals surface area contributed by atoms with Crippen molar-refractivity contribution >= 4 is 0 Å². The summed E-state index contributed by atoms with van der Waals surface area (Å²) in [5, 5.41) is 9.02. The topological polar surface area (TPSA) is 30.3 Å². The molecule has 0 heterocycles. The first kappa shape index (κ1) is 12.5. The number of hydrogen-bond acceptors (Lipinski definition) is 3. The minimum atomic E-state index is 0.0717. The van der Waals surface area contributed by atoms with Crippen molar-refractivity contribution in [3.63, 3.8) is 0 Å². The largest absolute Gasteiger partial charge is 0.302 e. The quantitative estimate of drug-likeness (QED) is 0.690. The number of nitriles is 1. The number of hydrogen-bond donors (Lipinski definition) is 0. The molecular formula is C12H23N3. The highest BCUT2D eigenvalue weighted by Gasteiger charge is 2.40. The first-order valence-electron chi connectivity index (χ1n) is 5.83. The Labute approximate surface area is 93.7 Å². The van der Waals surface area contributed by atoms with Gasteiger partial charge in [-0.05, 0) is 46.8 Å². The van der Waals surface area contributed by atoms with E-state index in [1.807, 2.05) is 0 Å². The summed E-state index contributed by atoms with van der Waals surface area (Å²) in [6.45, 7) is 3.10. The first-order chi connectivity index (χ1) is 7.05.